The summed E-state index contributed by atoms with van der Waals surface area (Å²) in [6.45, 7) is 4.01. The van der Waals surface area contributed by atoms with Gasteiger partial charge in [0.2, 0.25) is 0 Å². The third-order valence-corrected chi connectivity index (χ3v) is 3.00. The van der Waals surface area contributed by atoms with E-state index in [9.17, 15) is 5.11 Å². The molecule has 1 N–H and O–H groups in total. The molecule has 1 aromatic heterocycles. The van der Waals surface area contributed by atoms with Gasteiger partial charge in [-0.05, 0) is 24.5 Å². The maximum absolute atomic E-state index is 10.1. The monoisotopic (exact) mass is 242 g/mol. The molecule has 1 atom stereocenters. The van der Waals surface area contributed by atoms with Gasteiger partial charge < -0.3 is 5.11 Å². The molecule has 0 radical (unpaired) electrons. The van der Waals surface area contributed by atoms with E-state index >= 15 is 0 Å². The second kappa shape index (κ2) is 5.74. The third kappa shape index (κ3) is 3.14. The van der Waals surface area contributed by atoms with E-state index in [-0.39, 0.29) is 0 Å². The second-order valence-corrected chi connectivity index (χ2v) is 4.47. The average molecular weight is 242 g/mol. The highest BCUT2D eigenvalue weighted by Crippen LogP contribution is 2.16. The standard InChI is InChI=1S/C15H18N2O/c1-3-12-4-6-13(7-5-12)8-15(18)14-10-16-11(2)9-17-14/h4-7,9-10,15,18H,3,8H2,1-2H3. The Labute approximate surface area is 108 Å². The number of hydrogen-bond donors (Lipinski definition) is 1. The average Bonchev–Trinajstić information content (AvgIpc) is 2.40. The summed E-state index contributed by atoms with van der Waals surface area (Å²) in [6, 6.07) is 8.32. The zero-order valence-electron chi connectivity index (χ0n) is 10.8. The zero-order chi connectivity index (χ0) is 13.0. The van der Waals surface area contributed by atoms with Gasteiger partial charge in [0.25, 0.3) is 0 Å². The van der Waals surface area contributed by atoms with E-state index in [2.05, 4.69) is 41.2 Å². The molecule has 0 aliphatic carbocycles. The molecule has 0 amide bonds. The first-order valence-corrected chi connectivity index (χ1v) is 6.23. The van der Waals surface area contributed by atoms with Crippen LogP contribution in [-0.2, 0) is 12.8 Å². The van der Waals surface area contributed by atoms with Crippen molar-refractivity contribution in [2.75, 3.05) is 0 Å². The van der Waals surface area contributed by atoms with Gasteiger partial charge >= 0.3 is 0 Å². The lowest BCUT2D eigenvalue weighted by atomic mass is 10.0. The van der Waals surface area contributed by atoms with Crippen LogP contribution >= 0.6 is 0 Å². The van der Waals surface area contributed by atoms with Crippen LogP contribution in [0.15, 0.2) is 36.7 Å². The Kier molecular flexibility index (Phi) is 4.05. The van der Waals surface area contributed by atoms with Crippen molar-refractivity contribution in [3.8, 4) is 0 Å². The van der Waals surface area contributed by atoms with Crippen LogP contribution in [0.4, 0.5) is 0 Å². The summed E-state index contributed by atoms with van der Waals surface area (Å²) in [5, 5.41) is 10.1. The van der Waals surface area contributed by atoms with E-state index in [1.54, 1.807) is 12.4 Å². The van der Waals surface area contributed by atoms with Gasteiger partial charge in [-0.15, -0.1) is 0 Å². The van der Waals surface area contributed by atoms with Crippen molar-refractivity contribution < 1.29 is 5.11 Å². The van der Waals surface area contributed by atoms with Crippen LogP contribution in [0.5, 0.6) is 0 Å². The summed E-state index contributed by atoms with van der Waals surface area (Å²) >= 11 is 0. The predicted molar refractivity (Wildman–Crippen MR) is 71.3 cm³/mol. The molecule has 3 heteroatoms. The van der Waals surface area contributed by atoms with Crippen LogP contribution in [0.1, 0.15) is 35.5 Å². The lowest BCUT2D eigenvalue weighted by Gasteiger charge is -2.10. The summed E-state index contributed by atoms with van der Waals surface area (Å²) in [5.41, 5.74) is 3.91. The minimum Gasteiger partial charge on any atom is -0.386 e. The minimum absolute atomic E-state index is 0.571. The van der Waals surface area contributed by atoms with Crippen LogP contribution in [0.3, 0.4) is 0 Å². The fourth-order valence-electron chi connectivity index (χ4n) is 1.81. The maximum atomic E-state index is 10.1. The summed E-state index contributed by atoms with van der Waals surface area (Å²) in [6.07, 6.45) is 4.33. The highest BCUT2D eigenvalue weighted by molar-refractivity contribution is 5.23. The van der Waals surface area contributed by atoms with Gasteiger partial charge in [-0.2, -0.15) is 0 Å². The van der Waals surface area contributed by atoms with Crippen LogP contribution in [0.25, 0.3) is 0 Å². The molecule has 1 heterocycles. The fraction of sp³-hybridized carbons (Fsp3) is 0.333. The molecule has 2 rings (SSSR count). The lowest BCUT2D eigenvalue weighted by molar-refractivity contribution is 0.173. The van der Waals surface area contributed by atoms with Crippen molar-refractivity contribution in [1.82, 2.24) is 9.97 Å². The first kappa shape index (κ1) is 12.7. The number of aliphatic hydroxyl groups is 1. The predicted octanol–water partition coefficient (Wildman–Crippen LogP) is 2.62. The number of rotatable bonds is 4. The smallest absolute Gasteiger partial charge is 0.102 e. The number of nitrogens with zero attached hydrogens (tertiary/aromatic N) is 2. The van der Waals surface area contributed by atoms with Crippen molar-refractivity contribution in [1.29, 1.82) is 0 Å². The van der Waals surface area contributed by atoms with Gasteiger partial charge in [-0.3, -0.25) is 9.97 Å². The first-order chi connectivity index (χ1) is 8.69. The summed E-state index contributed by atoms with van der Waals surface area (Å²) < 4.78 is 0. The number of hydrogen-bond acceptors (Lipinski definition) is 3. The van der Waals surface area contributed by atoms with Crippen molar-refractivity contribution >= 4 is 0 Å². The Morgan fingerprint density at radius 3 is 2.28 bits per heavy atom. The zero-order valence-corrected chi connectivity index (χ0v) is 10.8. The van der Waals surface area contributed by atoms with Gasteiger partial charge in [-0.25, -0.2) is 0 Å². The molecule has 2 aromatic rings. The molecule has 0 bridgehead atoms. The van der Waals surface area contributed by atoms with E-state index in [0.717, 1.165) is 17.7 Å². The summed E-state index contributed by atoms with van der Waals surface area (Å²) in [4.78, 5) is 8.34. The molecule has 0 aliphatic heterocycles. The molecular formula is C15H18N2O. The Balaban J connectivity index is 2.05. The van der Waals surface area contributed by atoms with Crippen molar-refractivity contribution in [3.05, 3.63) is 59.2 Å². The van der Waals surface area contributed by atoms with E-state index in [1.165, 1.54) is 5.56 Å². The highest BCUT2D eigenvalue weighted by Gasteiger charge is 2.10. The Morgan fingerprint density at radius 2 is 1.72 bits per heavy atom. The van der Waals surface area contributed by atoms with Crippen LogP contribution < -0.4 is 0 Å². The highest BCUT2D eigenvalue weighted by atomic mass is 16.3. The SMILES string of the molecule is CCc1ccc(CC(O)c2cnc(C)cn2)cc1. The molecule has 1 unspecified atom stereocenters. The molecule has 3 nitrogen and oxygen atoms in total. The largest absolute Gasteiger partial charge is 0.386 e. The molecular weight excluding hydrogens is 224 g/mol. The normalized spacial score (nSPS) is 12.4. The quantitative estimate of drug-likeness (QED) is 0.896. The minimum atomic E-state index is -0.592. The van der Waals surface area contributed by atoms with Gasteiger partial charge in [-0.1, -0.05) is 31.2 Å². The van der Waals surface area contributed by atoms with Gasteiger partial charge in [0.15, 0.2) is 0 Å². The van der Waals surface area contributed by atoms with Crippen LogP contribution in [-0.4, -0.2) is 15.1 Å². The first-order valence-electron chi connectivity index (χ1n) is 6.23. The van der Waals surface area contributed by atoms with Crippen LogP contribution in [0, 0.1) is 6.92 Å². The molecule has 0 saturated carbocycles. The molecule has 0 fully saturated rings. The second-order valence-electron chi connectivity index (χ2n) is 4.47. The number of aromatic nitrogens is 2. The molecule has 0 aliphatic rings. The van der Waals surface area contributed by atoms with Crippen molar-refractivity contribution in [2.45, 2.75) is 32.8 Å². The number of benzene rings is 1. The molecule has 94 valence electrons. The fourth-order valence-corrected chi connectivity index (χ4v) is 1.81. The van der Waals surface area contributed by atoms with Gasteiger partial charge in [0.05, 0.1) is 17.6 Å². The number of aryl methyl sites for hydroxylation is 2. The van der Waals surface area contributed by atoms with E-state index in [1.807, 2.05) is 6.92 Å². The van der Waals surface area contributed by atoms with Crippen LogP contribution in [0.2, 0.25) is 0 Å². The summed E-state index contributed by atoms with van der Waals surface area (Å²) in [5.74, 6) is 0. The topological polar surface area (TPSA) is 46.0 Å². The molecule has 1 aromatic carbocycles. The number of aliphatic hydroxyl groups excluding tert-OH is 1. The summed E-state index contributed by atoms with van der Waals surface area (Å²) in [7, 11) is 0. The molecule has 0 saturated heterocycles. The maximum Gasteiger partial charge on any atom is 0.102 e. The Hall–Kier alpha value is -1.74. The third-order valence-electron chi connectivity index (χ3n) is 3.00. The molecule has 0 spiro atoms. The Bertz CT molecular complexity index is 491. The van der Waals surface area contributed by atoms with Crippen molar-refractivity contribution in [2.24, 2.45) is 0 Å². The van der Waals surface area contributed by atoms with E-state index in [0.29, 0.717) is 12.1 Å². The van der Waals surface area contributed by atoms with E-state index in [4.69, 9.17) is 0 Å². The van der Waals surface area contributed by atoms with Gasteiger partial charge in [0.1, 0.15) is 6.10 Å². The molecule has 18 heavy (non-hydrogen) atoms. The van der Waals surface area contributed by atoms with Gasteiger partial charge in [0, 0.05) is 12.6 Å². The van der Waals surface area contributed by atoms with E-state index < -0.39 is 6.10 Å². The lowest BCUT2D eigenvalue weighted by Crippen LogP contribution is -2.05. The van der Waals surface area contributed by atoms with Crippen molar-refractivity contribution in [3.63, 3.8) is 0 Å². The Morgan fingerprint density at radius 1 is 1.06 bits per heavy atom.